The Morgan fingerprint density at radius 3 is 2.75 bits per heavy atom. The lowest BCUT2D eigenvalue weighted by molar-refractivity contribution is -0.137. The Hall–Kier alpha value is -1.15. The predicted octanol–water partition coefficient (Wildman–Crippen LogP) is 2.57. The molecule has 0 unspecified atom stereocenters. The van der Waals surface area contributed by atoms with Crippen molar-refractivity contribution in [2.45, 2.75) is 12.6 Å². The number of alkyl halides is 3. The largest absolute Gasteiger partial charge is 0.475 e. The molecule has 4 nitrogen and oxygen atoms in total. The first kappa shape index (κ1) is 16.9. The normalized spacial score (nSPS) is 11.2. The van der Waals surface area contributed by atoms with Gasteiger partial charge in [-0.25, -0.2) is 4.98 Å². The van der Waals surface area contributed by atoms with Crippen molar-refractivity contribution in [2.75, 3.05) is 18.9 Å². The number of rotatable bonds is 6. The van der Waals surface area contributed by atoms with Crippen LogP contribution >= 0.6 is 24.2 Å². The summed E-state index contributed by atoms with van der Waals surface area (Å²) in [5.74, 6) is 0.136. The van der Waals surface area contributed by atoms with Crippen LogP contribution in [0.15, 0.2) is 12.3 Å². The summed E-state index contributed by atoms with van der Waals surface area (Å²) in [5, 5.41) is 2.31. The number of hydrogen-bond acceptors (Lipinski definition) is 4. The Morgan fingerprint density at radius 2 is 2.20 bits per heavy atom. The minimum atomic E-state index is -4.50. The van der Waals surface area contributed by atoms with E-state index in [1.807, 2.05) is 0 Å². The van der Waals surface area contributed by atoms with Gasteiger partial charge in [0.15, 0.2) is 0 Å². The van der Waals surface area contributed by atoms with E-state index in [-0.39, 0.29) is 36.4 Å². The molecule has 1 aromatic heterocycles. The molecule has 0 atom stereocenters. The van der Waals surface area contributed by atoms with Gasteiger partial charge in [0.05, 0.1) is 12.1 Å². The molecule has 1 N–H and O–H groups in total. The molecule has 0 fully saturated rings. The summed E-state index contributed by atoms with van der Waals surface area (Å²) >= 11 is 9.54. The molecule has 1 rings (SSSR count). The van der Waals surface area contributed by atoms with Gasteiger partial charge < -0.3 is 10.1 Å². The second-order valence-corrected chi connectivity index (χ2v) is 4.54. The first-order chi connectivity index (χ1) is 9.34. The summed E-state index contributed by atoms with van der Waals surface area (Å²) in [6.45, 7) is 0.252. The van der Waals surface area contributed by atoms with Gasteiger partial charge in [-0.05, 0) is 11.8 Å². The number of thiol groups is 1. The van der Waals surface area contributed by atoms with E-state index in [0.717, 1.165) is 6.07 Å². The van der Waals surface area contributed by atoms with Crippen molar-refractivity contribution in [1.29, 1.82) is 0 Å². The first-order valence-corrected chi connectivity index (χ1v) is 6.58. The topological polar surface area (TPSA) is 51.2 Å². The van der Waals surface area contributed by atoms with E-state index in [1.165, 1.54) is 0 Å². The van der Waals surface area contributed by atoms with Gasteiger partial charge >= 0.3 is 6.18 Å². The van der Waals surface area contributed by atoms with Gasteiger partial charge in [-0.1, -0.05) is 11.6 Å². The van der Waals surface area contributed by atoms with Gasteiger partial charge in [0, 0.05) is 12.6 Å². The maximum Gasteiger partial charge on any atom is 0.417 e. The average Bonchev–Trinajstić information content (AvgIpc) is 2.35. The molecule has 0 aliphatic rings. The van der Waals surface area contributed by atoms with E-state index >= 15 is 0 Å². The molecule has 0 aliphatic carbocycles. The fourth-order valence-electron chi connectivity index (χ4n) is 1.21. The monoisotopic (exact) mass is 328 g/mol. The summed E-state index contributed by atoms with van der Waals surface area (Å²) in [6, 6.07) is 0.739. The second kappa shape index (κ2) is 7.58. The van der Waals surface area contributed by atoms with E-state index in [4.69, 9.17) is 16.3 Å². The number of carbonyl (C=O) groups is 1. The Labute approximate surface area is 124 Å². The van der Waals surface area contributed by atoms with Crippen LogP contribution in [-0.4, -0.2) is 29.8 Å². The third kappa shape index (κ3) is 5.46. The highest BCUT2D eigenvalue weighted by atomic mass is 35.5. The van der Waals surface area contributed by atoms with E-state index in [1.54, 1.807) is 0 Å². The third-order valence-electron chi connectivity index (χ3n) is 2.14. The summed E-state index contributed by atoms with van der Waals surface area (Å²) in [7, 11) is 0. The SMILES string of the molecule is O=C(CCS)NCCOc1ncc(C(F)(F)F)cc1Cl. The third-order valence-corrected chi connectivity index (χ3v) is 2.63. The number of nitrogens with one attached hydrogen (secondary N) is 1. The molecule has 1 amide bonds. The predicted molar refractivity (Wildman–Crippen MR) is 71.2 cm³/mol. The quantitative estimate of drug-likeness (QED) is 0.623. The molecule has 0 spiro atoms. The molecule has 9 heteroatoms. The zero-order valence-corrected chi connectivity index (χ0v) is 11.9. The van der Waals surface area contributed by atoms with Gasteiger partial charge in [0.25, 0.3) is 0 Å². The summed E-state index contributed by atoms with van der Waals surface area (Å²) in [6.07, 6.45) is -3.58. The Kier molecular flexibility index (Phi) is 6.41. The fourth-order valence-corrected chi connectivity index (χ4v) is 1.64. The van der Waals surface area contributed by atoms with Crippen molar-refractivity contribution >= 4 is 30.1 Å². The van der Waals surface area contributed by atoms with Crippen molar-refractivity contribution in [3.63, 3.8) is 0 Å². The lowest BCUT2D eigenvalue weighted by Crippen LogP contribution is -2.28. The van der Waals surface area contributed by atoms with E-state index in [9.17, 15) is 18.0 Å². The van der Waals surface area contributed by atoms with Crippen molar-refractivity contribution in [3.05, 3.63) is 22.8 Å². The summed E-state index contributed by atoms with van der Waals surface area (Å²) in [5.41, 5.74) is -0.947. The molecular weight excluding hydrogens is 317 g/mol. The number of pyridine rings is 1. The number of nitrogens with zero attached hydrogens (tertiary/aromatic N) is 1. The van der Waals surface area contributed by atoms with E-state index in [2.05, 4.69) is 22.9 Å². The molecule has 112 valence electrons. The van der Waals surface area contributed by atoms with Crippen LogP contribution in [0, 0.1) is 0 Å². The zero-order valence-electron chi connectivity index (χ0n) is 10.2. The molecule has 1 aromatic rings. The number of halogens is 4. The van der Waals surface area contributed by atoms with Crippen LogP contribution in [-0.2, 0) is 11.0 Å². The summed E-state index contributed by atoms with van der Waals surface area (Å²) < 4.78 is 42.2. The van der Waals surface area contributed by atoms with Gasteiger partial charge in [0.2, 0.25) is 11.8 Å². The standard InChI is InChI=1S/C11H12ClF3N2O2S/c12-8-5-7(11(13,14)15)6-17-10(8)19-3-2-16-9(18)1-4-20/h5-6,20H,1-4H2,(H,16,18). The minimum Gasteiger partial charge on any atom is -0.475 e. The van der Waals surface area contributed by atoms with Gasteiger partial charge in [-0.2, -0.15) is 25.8 Å². The van der Waals surface area contributed by atoms with Crippen LogP contribution in [0.25, 0.3) is 0 Å². The van der Waals surface area contributed by atoms with Crippen LogP contribution in [0.2, 0.25) is 5.02 Å². The Morgan fingerprint density at radius 1 is 1.50 bits per heavy atom. The number of hydrogen-bond donors (Lipinski definition) is 2. The Bertz CT molecular complexity index is 471. The molecule has 0 aromatic carbocycles. The highest BCUT2D eigenvalue weighted by Crippen LogP contribution is 2.32. The molecule has 0 saturated carbocycles. The second-order valence-electron chi connectivity index (χ2n) is 3.68. The average molecular weight is 329 g/mol. The Balaban J connectivity index is 2.47. The van der Waals surface area contributed by atoms with Crippen molar-refractivity contribution in [1.82, 2.24) is 10.3 Å². The first-order valence-electron chi connectivity index (χ1n) is 5.57. The van der Waals surface area contributed by atoms with Crippen LogP contribution in [0.3, 0.4) is 0 Å². The lowest BCUT2D eigenvalue weighted by Gasteiger charge is -2.10. The lowest BCUT2D eigenvalue weighted by atomic mass is 10.3. The van der Waals surface area contributed by atoms with Crippen molar-refractivity contribution in [2.24, 2.45) is 0 Å². The van der Waals surface area contributed by atoms with Crippen LogP contribution < -0.4 is 10.1 Å². The van der Waals surface area contributed by atoms with Crippen molar-refractivity contribution < 1.29 is 22.7 Å². The summed E-state index contributed by atoms with van der Waals surface area (Å²) in [4.78, 5) is 14.6. The molecular formula is C11H12ClF3N2O2S. The smallest absolute Gasteiger partial charge is 0.417 e. The highest BCUT2D eigenvalue weighted by Gasteiger charge is 2.31. The molecule has 0 bridgehead atoms. The molecule has 0 radical (unpaired) electrons. The van der Waals surface area contributed by atoms with Crippen LogP contribution in [0.1, 0.15) is 12.0 Å². The maximum absolute atomic E-state index is 12.4. The molecule has 20 heavy (non-hydrogen) atoms. The molecule has 0 aliphatic heterocycles. The van der Waals surface area contributed by atoms with Gasteiger partial charge in [0.1, 0.15) is 11.6 Å². The maximum atomic E-state index is 12.4. The molecule has 0 saturated heterocycles. The highest BCUT2D eigenvalue weighted by molar-refractivity contribution is 7.80. The number of aromatic nitrogens is 1. The van der Waals surface area contributed by atoms with E-state index < -0.39 is 11.7 Å². The molecule has 1 heterocycles. The van der Waals surface area contributed by atoms with Gasteiger partial charge in [-0.3, -0.25) is 4.79 Å². The van der Waals surface area contributed by atoms with Crippen molar-refractivity contribution in [3.8, 4) is 5.88 Å². The number of ether oxygens (including phenoxy) is 1. The number of carbonyl (C=O) groups excluding carboxylic acids is 1. The van der Waals surface area contributed by atoms with Crippen LogP contribution in [0.5, 0.6) is 5.88 Å². The fraction of sp³-hybridized carbons (Fsp3) is 0.455. The zero-order chi connectivity index (χ0) is 15.2. The van der Waals surface area contributed by atoms with E-state index in [0.29, 0.717) is 11.9 Å². The van der Waals surface area contributed by atoms with Crippen LogP contribution in [0.4, 0.5) is 13.2 Å². The minimum absolute atomic E-state index is 0.0520. The number of amides is 1. The van der Waals surface area contributed by atoms with Gasteiger partial charge in [-0.15, -0.1) is 0 Å².